The fourth-order valence-electron chi connectivity index (χ4n) is 2.64. The van der Waals surface area contributed by atoms with Gasteiger partial charge in [-0.2, -0.15) is 17.4 Å². The Morgan fingerprint density at radius 2 is 1.83 bits per heavy atom. The van der Waals surface area contributed by atoms with Crippen LogP contribution < -0.4 is 4.72 Å². The van der Waals surface area contributed by atoms with Gasteiger partial charge in [-0.05, 0) is 37.1 Å². The Balaban J connectivity index is 1.66. The number of furan rings is 1. The van der Waals surface area contributed by atoms with Gasteiger partial charge in [0.25, 0.3) is 10.2 Å². The van der Waals surface area contributed by atoms with Crippen LogP contribution in [-0.2, 0) is 16.8 Å². The number of halogens is 1. The van der Waals surface area contributed by atoms with Gasteiger partial charge in [0.1, 0.15) is 11.5 Å². The van der Waals surface area contributed by atoms with Crippen molar-refractivity contribution in [1.29, 1.82) is 0 Å². The first kappa shape index (κ1) is 16.5. The van der Waals surface area contributed by atoms with Gasteiger partial charge in [0.15, 0.2) is 0 Å². The molecule has 7 heteroatoms. The number of rotatable bonds is 5. The fraction of sp³-hybridized carbons (Fsp3) is 0.375. The van der Waals surface area contributed by atoms with Crippen molar-refractivity contribution in [3.63, 3.8) is 0 Å². The number of hydrogen-bond donors (Lipinski definition) is 1. The van der Waals surface area contributed by atoms with Gasteiger partial charge in [-0.25, -0.2) is 0 Å². The number of nitrogens with zero attached hydrogens (tertiary/aromatic N) is 1. The largest absolute Gasteiger partial charge is 0.460 e. The van der Waals surface area contributed by atoms with Crippen LogP contribution in [0.5, 0.6) is 0 Å². The van der Waals surface area contributed by atoms with E-state index in [1.807, 2.05) is 18.2 Å². The summed E-state index contributed by atoms with van der Waals surface area (Å²) < 4.78 is 34.3. The van der Waals surface area contributed by atoms with Gasteiger partial charge in [0.2, 0.25) is 0 Å². The molecule has 2 heterocycles. The van der Waals surface area contributed by atoms with Crippen LogP contribution in [-0.4, -0.2) is 25.8 Å². The highest BCUT2D eigenvalue weighted by Gasteiger charge is 2.23. The Morgan fingerprint density at radius 3 is 2.57 bits per heavy atom. The second-order valence-corrected chi connectivity index (χ2v) is 7.69. The first-order valence-corrected chi connectivity index (χ1v) is 9.46. The molecule has 0 aliphatic carbocycles. The molecule has 0 unspecified atom stereocenters. The highest BCUT2D eigenvalue weighted by atomic mass is 35.5. The van der Waals surface area contributed by atoms with E-state index in [4.69, 9.17) is 16.0 Å². The Morgan fingerprint density at radius 1 is 1.09 bits per heavy atom. The number of hydrogen-bond acceptors (Lipinski definition) is 3. The lowest BCUT2D eigenvalue weighted by atomic mass is 10.2. The van der Waals surface area contributed by atoms with Crippen molar-refractivity contribution in [2.45, 2.75) is 25.8 Å². The minimum atomic E-state index is -3.45. The quantitative estimate of drug-likeness (QED) is 0.894. The van der Waals surface area contributed by atoms with Gasteiger partial charge in [-0.3, -0.25) is 0 Å². The Kier molecular flexibility index (Phi) is 5.06. The second kappa shape index (κ2) is 7.05. The Labute approximate surface area is 141 Å². The first-order valence-electron chi connectivity index (χ1n) is 7.64. The third-order valence-electron chi connectivity index (χ3n) is 3.88. The molecule has 1 saturated heterocycles. The average molecular weight is 355 g/mol. The monoisotopic (exact) mass is 354 g/mol. The third kappa shape index (κ3) is 3.95. The Hall–Kier alpha value is -1.34. The molecule has 1 aliphatic rings. The van der Waals surface area contributed by atoms with E-state index >= 15 is 0 Å². The van der Waals surface area contributed by atoms with Crippen molar-refractivity contribution in [1.82, 2.24) is 9.03 Å². The molecule has 0 bridgehead atoms. The highest BCUT2D eigenvalue weighted by Crippen LogP contribution is 2.29. The lowest BCUT2D eigenvalue weighted by molar-refractivity contribution is 0.340. The molecule has 0 spiro atoms. The summed E-state index contributed by atoms with van der Waals surface area (Å²) in [6.45, 7) is 1.29. The zero-order chi connectivity index (χ0) is 16.3. The van der Waals surface area contributed by atoms with Gasteiger partial charge in [-0.1, -0.05) is 30.2 Å². The van der Waals surface area contributed by atoms with Gasteiger partial charge in [-0.15, -0.1) is 0 Å². The molecule has 0 atom stereocenters. The number of benzene rings is 1. The molecule has 124 valence electrons. The summed E-state index contributed by atoms with van der Waals surface area (Å²) in [6, 6.07) is 10.9. The predicted molar refractivity (Wildman–Crippen MR) is 90.3 cm³/mol. The lowest BCUT2D eigenvalue weighted by Crippen LogP contribution is -2.43. The van der Waals surface area contributed by atoms with Crippen LogP contribution in [0.25, 0.3) is 11.3 Å². The normalized spacial score (nSPS) is 16.6. The molecular weight excluding hydrogens is 336 g/mol. The average Bonchev–Trinajstić information content (AvgIpc) is 3.03. The topological polar surface area (TPSA) is 62.6 Å². The van der Waals surface area contributed by atoms with Crippen molar-refractivity contribution in [3.05, 3.63) is 47.2 Å². The molecule has 5 nitrogen and oxygen atoms in total. The molecular formula is C16H19ClN2O3S. The number of nitrogens with one attached hydrogen (secondary N) is 1. The van der Waals surface area contributed by atoms with Crippen LogP contribution in [0, 0.1) is 0 Å². The maximum Gasteiger partial charge on any atom is 0.279 e. The zero-order valence-corrected chi connectivity index (χ0v) is 14.2. The van der Waals surface area contributed by atoms with E-state index < -0.39 is 10.2 Å². The van der Waals surface area contributed by atoms with Crippen LogP contribution in [0.4, 0.5) is 0 Å². The smallest absolute Gasteiger partial charge is 0.279 e. The molecule has 1 aromatic heterocycles. The summed E-state index contributed by atoms with van der Waals surface area (Å²) >= 11 is 6.14. The van der Waals surface area contributed by atoms with Gasteiger partial charge in [0.05, 0.1) is 11.6 Å². The molecule has 0 radical (unpaired) electrons. The first-order chi connectivity index (χ1) is 11.1. The molecule has 1 aliphatic heterocycles. The van der Waals surface area contributed by atoms with E-state index in [0.717, 1.165) is 24.8 Å². The van der Waals surface area contributed by atoms with Gasteiger partial charge < -0.3 is 4.42 Å². The van der Waals surface area contributed by atoms with Crippen LogP contribution in [0.15, 0.2) is 40.8 Å². The molecule has 0 saturated carbocycles. The highest BCUT2D eigenvalue weighted by molar-refractivity contribution is 7.87. The molecule has 1 N–H and O–H groups in total. The third-order valence-corrected chi connectivity index (χ3v) is 5.77. The Bertz CT molecular complexity index is 767. The minimum absolute atomic E-state index is 0.128. The summed E-state index contributed by atoms with van der Waals surface area (Å²) in [6.07, 6.45) is 2.92. The van der Waals surface area contributed by atoms with E-state index in [0.29, 0.717) is 29.6 Å². The van der Waals surface area contributed by atoms with E-state index in [9.17, 15) is 8.42 Å². The van der Waals surface area contributed by atoms with Crippen molar-refractivity contribution in [2.24, 2.45) is 0 Å². The molecule has 23 heavy (non-hydrogen) atoms. The lowest BCUT2D eigenvalue weighted by Gasteiger charge is -2.25. The number of piperidine rings is 1. The summed E-state index contributed by atoms with van der Waals surface area (Å²) in [5.74, 6) is 1.18. The molecule has 1 aromatic carbocycles. The molecule has 2 aromatic rings. The van der Waals surface area contributed by atoms with E-state index in [1.54, 1.807) is 18.2 Å². The zero-order valence-electron chi connectivity index (χ0n) is 12.7. The summed E-state index contributed by atoms with van der Waals surface area (Å²) in [5.41, 5.74) is 0.791. The van der Waals surface area contributed by atoms with Crippen molar-refractivity contribution >= 4 is 21.8 Å². The maximum atomic E-state index is 12.2. The van der Waals surface area contributed by atoms with Crippen LogP contribution in [0.2, 0.25) is 5.02 Å². The molecule has 1 fully saturated rings. The van der Waals surface area contributed by atoms with Crippen LogP contribution in [0.1, 0.15) is 25.0 Å². The van der Waals surface area contributed by atoms with E-state index in [2.05, 4.69) is 4.72 Å². The summed E-state index contributed by atoms with van der Waals surface area (Å²) in [5, 5.41) is 0.599. The molecule has 3 rings (SSSR count). The predicted octanol–water partition coefficient (Wildman–Crippen LogP) is 3.42. The summed E-state index contributed by atoms with van der Waals surface area (Å²) in [7, 11) is -3.45. The van der Waals surface area contributed by atoms with Crippen molar-refractivity contribution in [2.75, 3.05) is 13.1 Å². The summed E-state index contributed by atoms with van der Waals surface area (Å²) in [4.78, 5) is 0. The van der Waals surface area contributed by atoms with E-state index in [1.165, 1.54) is 4.31 Å². The second-order valence-electron chi connectivity index (χ2n) is 5.53. The fourth-order valence-corrected chi connectivity index (χ4v) is 4.11. The standard InChI is InChI=1S/C16H19ClN2O3S/c17-15-7-3-2-6-14(15)16-9-8-13(22-16)12-18-23(20,21)19-10-4-1-5-11-19/h2-3,6-9,18H,1,4-5,10-12H2. The van der Waals surface area contributed by atoms with Crippen LogP contribution in [0.3, 0.4) is 0 Å². The van der Waals surface area contributed by atoms with Crippen molar-refractivity contribution in [3.8, 4) is 11.3 Å². The van der Waals surface area contributed by atoms with Crippen LogP contribution >= 0.6 is 11.6 Å². The van der Waals surface area contributed by atoms with E-state index in [-0.39, 0.29) is 6.54 Å². The SMILES string of the molecule is O=S(=O)(NCc1ccc(-c2ccccc2Cl)o1)N1CCCCC1. The molecule has 0 amide bonds. The van der Waals surface area contributed by atoms with Gasteiger partial charge >= 0.3 is 0 Å². The van der Waals surface area contributed by atoms with Gasteiger partial charge in [0, 0.05) is 18.7 Å². The van der Waals surface area contributed by atoms with Crippen molar-refractivity contribution < 1.29 is 12.8 Å². The maximum absolute atomic E-state index is 12.2. The minimum Gasteiger partial charge on any atom is -0.460 e.